The average Bonchev–Trinajstić information content (AvgIpc) is 3.04. The predicted molar refractivity (Wildman–Crippen MR) is 111 cm³/mol. The summed E-state index contributed by atoms with van der Waals surface area (Å²) < 4.78 is 5.20. The monoisotopic (exact) mass is 396 g/mol. The Morgan fingerprint density at radius 2 is 1.72 bits per heavy atom. The second-order valence-electron chi connectivity index (χ2n) is 7.95. The normalized spacial score (nSPS) is 19.1. The van der Waals surface area contributed by atoms with Gasteiger partial charge in [-0.3, -0.25) is 9.59 Å². The van der Waals surface area contributed by atoms with E-state index in [2.05, 4.69) is 18.8 Å². The minimum atomic E-state index is -0.621. The average molecular weight is 396 g/mol. The number of rotatable bonds is 5. The highest BCUT2D eigenvalue weighted by Crippen LogP contribution is 2.32. The lowest BCUT2D eigenvalue weighted by atomic mass is 9.91. The number of aromatic nitrogens is 1. The van der Waals surface area contributed by atoms with Crippen LogP contribution < -0.4 is 0 Å². The van der Waals surface area contributed by atoms with Crippen molar-refractivity contribution in [3.05, 3.63) is 47.3 Å². The number of hydrogen-bond donors (Lipinski definition) is 1. The van der Waals surface area contributed by atoms with E-state index in [1.165, 1.54) is 0 Å². The van der Waals surface area contributed by atoms with Crippen LogP contribution in [0.5, 0.6) is 0 Å². The van der Waals surface area contributed by atoms with E-state index in [4.69, 9.17) is 4.74 Å². The summed E-state index contributed by atoms with van der Waals surface area (Å²) in [6, 6.07) is 9.15. The van der Waals surface area contributed by atoms with Gasteiger partial charge in [0.25, 0.3) is 11.7 Å². The zero-order chi connectivity index (χ0) is 21.1. The van der Waals surface area contributed by atoms with Crippen molar-refractivity contribution in [2.45, 2.75) is 34.1 Å². The molecule has 0 saturated carbocycles. The Morgan fingerprint density at radius 3 is 2.31 bits per heavy atom. The number of nitrogens with zero attached hydrogens (tertiary/aromatic N) is 1. The molecule has 1 amide bonds. The number of aromatic amines is 1. The Balaban J connectivity index is 2.04. The molecule has 1 aromatic heterocycles. The van der Waals surface area contributed by atoms with Crippen molar-refractivity contribution in [3.63, 3.8) is 0 Å². The number of Topliss-reactive ketones (excluding diaryl/α,β-unsaturated/α-hetero) is 1. The van der Waals surface area contributed by atoms with Crippen LogP contribution in [0.3, 0.4) is 0 Å². The minimum Gasteiger partial charge on any atom is -0.462 e. The van der Waals surface area contributed by atoms with Crippen molar-refractivity contribution in [1.82, 2.24) is 9.88 Å². The number of ether oxygens (including phenoxy) is 1. The highest BCUT2D eigenvalue weighted by atomic mass is 16.5. The summed E-state index contributed by atoms with van der Waals surface area (Å²) in [5, 5.41) is 0. The van der Waals surface area contributed by atoms with Crippen molar-refractivity contribution < 1.29 is 19.1 Å². The molecule has 1 fully saturated rings. The number of carbonyl (C=O) groups is 3. The van der Waals surface area contributed by atoms with Crippen LogP contribution in [0.4, 0.5) is 0 Å². The number of hydrogen-bond acceptors (Lipinski definition) is 4. The number of carbonyl (C=O) groups excluding carboxylic acids is 3. The van der Waals surface area contributed by atoms with Crippen LogP contribution in [0.25, 0.3) is 11.1 Å². The number of likely N-dealkylation sites (tertiary alicyclic amines) is 1. The molecule has 29 heavy (non-hydrogen) atoms. The lowest BCUT2D eigenvalue weighted by molar-refractivity contribution is -0.129. The molecule has 0 bridgehead atoms. The van der Waals surface area contributed by atoms with E-state index in [0.717, 1.165) is 6.42 Å². The summed E-state index contributed by atoms with van der Waals surface area (Å²) in [7, 11) is 0. The first kappa shape index (κ1) is 20.8. The summed E-state index contributed by atoms with van der Waals surface area (Å²) in [5.74, 6) is -0.956. The van der Waals surface area contributed by atoms with E-state index in [0.29, 0.717) is 47.3 Å². The summed E-state index contributed by atoms with van der Waals surface area (Å²) in [6.45, 7) is 8.99. The van der Waals surface area contributed by atoms with Crippen molar-refractivity contribution in [3.8, 4) is 11.1 Å². The smallest absolute Gasteiger partial charge is 0.340 e. The zero-order valence-corrected chi connectivity index (χ0v) is 17.5. The number of nitrogens with one attached hydrogen (secondary N) is 1. The maximum Gasteiger partial charge on any atom is 0.340 e. The van der Waals surface area contributed by atoms with Crippen molar-refractivity contribution >= 4 is 17.7 Å². The van der Waals surface area contributed by atoms with Crippen molar-refractivity contribution in [2.75, 3.05) is 19.7 Å². The molecule has 2 heterocycles. The van der Waals surface area contributed by atoms with E-state index in [1.807, 2.05) is 30.3 Å². The van der Waals surface area contributed by atoms with E-state index < -0.39 is 17.7 Å². The highest BCUT2D eigenvalue weighted by Gasteiger charge is 2.34. The molecule has 0 unspecified atom stereocenters. The maximum atomic E-state index is 13.2. The number of H-pyrrole nitrogens is 1. The second-order valence-corrected chi connectivity index (χ2v) is 7.95. The molecule has 154 valence electrons. The van der Waals surface area contributed by atoms with Gasteiger partial charge < -0.3 is 14.6 Å². The van der Waals surface area contributed by atoms with Gasteiger partial charge in [0.15, 0.2) is 0 Å². The van der Waals surface area contributed by atoms with Crippen molar-refractivity contribution in [1.29, 1.82) is 0 Å². The number of aryl methyl sites for hydroxylation is 1. The first-order chi connectivity index (χ1) is 13.8. The summed E-state index contributed by atoms with van der Waals surface area (Å²) >= 11 is 0. The van der Waals surface area contributed by atoms with E-state index in [1.54, 1.807) is 18.7 Å². The maximum absolute atomic E-state index is 13.2. The van der Waals surface area contributed by atoms with Gasteiger partial charge in [0.05, 0.1) is 12.2 Å². The predicted octanol–water partition coefficient (Wildman–Crippen LogP) is 3.85. The van der Waals surface area contributed by atoms with Gasteiger partial charge in [0.1, 0.15) is 5.69 Å². The van der Waals surface area contributed by atoms with E-state index >= 15 is 0 Å². The molecule has 0 radical (unpaired) electrons. The molecule has 3 rings (SSSR count). The Morgan fingerprint density at radius 1 is 1.10 bits per heavy atom. The number of amides is 1. The fourth-order valence-electron chi connectivity index (χ4n) is 4.23. The summed E-state index contributed by atoms with van der Waals surface area (Å²) in [6.07, 6.45) is 1.04. The standard InChI is InChI=1S/C23H28N2O4/c1-5-29-23(28)18-16(4)24-20(19(18)17-9-7-6-8-10-17)21(26)22(27)25-12-14(2)11-15(3)13-25/h6-10,14-15,24H,5,11-13H2,1-4H3/t14-,15-/m0/s1. The minimum absolute atomic E-state index is 0.146. The molecule has 1 saturated heterocycles. The summed E-state index contributed by atoms with van der Waals surface area (Å²) in [5.41, 5.74) is 2.08. The molecule has 1 N–H and O–H groups in total. The first-order valence-electron chi connectivity index (χ1n) is 10.1. The Hall–Kier alpha value is -2.89. The van der Waals surface area contributed by atoms with Gasteiger partial charge in [-0.15, -0.1) is 0 Å². The number of ketones is 1. The molecular formula is C23H28N2O4. The van der Waals surface area contributed by atoms with Crippen LogP contribution in [0.1, 0.15) is 53.7 Å². The van der Waals surface area contributed by atoms with E-state index in [-0.39, 0.29) is 12.3 Å². The second kappa shape index (κ2) is 8.64. The largest absolute Gasteiger partial charge is 0.462 e. The Kier molecular flexibility index (Phi) is 6.20. The van der Waals surface area contributed by atoms with Gasteiger partial charge in [-0.25, -0.2) is 4.79 Å². The van der Waals surface area contributed by atoms with Gasteiger partial charge in [-0.05, 0) is 37.7 Å². The van der Waals surface area contributed by atoms with Gasteiger partial charge >= 0.3 is 5.97 Å². The van der Waals surface area contributed by atoms with Crippen LogP contribution in [0.2, 0.25) is 0 Å². The van der Waals surface area contributed by atoms with Gasteiger partial charge in [-0.1, -0.05) is 44.2 Å². The van der Waals surface area contributed by atoms with Gasteiger partial charge in [0, 0.05) is 24.3 Å². The number of benzene rings is 1. The molecule has 0 aliphatic carbocycles. The fraction of sp³-hybridized carbons (Fsp3) is 0.435. The number of piperidine rings is 1. The van der Waals surface area contributed by atoms with Crippen molar-refractivity contribution in [2.24, 2.45) is 11.8 Å². The lowest BCUT2D eigenvalue weighted by Crippen LogP contribution is -2.45. The van der Waals surface area contributed by atoms with Crippen LogP contribution in [0, 0.1) is 18.8 Å². The molecule has 0 spiro atoms. The third kappa shape index (κ3) is 4.26. The molecule has 1 aliphatic rings. The molecule has 2 atom stereocenters. The molecule has 6 heteroatoms. The topological polar surface area (TPSA) is 79.5 Å². The molecule has 1 aliphatic heterocycles. The zero-order valence-electron chi connectivity index (χ0n) is 17.5. The number of esters is 1. The Bertz CT molecular complexity index is 906. The van der Waals surface area contributed by atoms with Crippen LogP contribution in [0.15, 0.2) is 30.3 Å². The SMILES string of the molecule is CCOC(=O)c1c(C)[nH]c(C(=O)C(=O)N2C[C@@H](C)C[C@H](C)C2)c1-c1ccccc1. The molecule has 1 aromatic carbocycles. The molecular weight excluding hydrogens is 368 g/mol. The highest BCUT2D eigenvalue weighted by molar-refractivity contribution is 6.43. The third-order valence-electron chi connectivity index (χ3n) is 5.31. The molecule has 6 nitrogen and oxygen atoms in total. The van der Waals surface area contributed by atoms with Crippen LogP contribution in [-0.4, -0.2) is 47.2 Å². The molecule has 2 aromatic rings. The Labute approximate surface area is 171 Å². The van der Waals surface area contributed by atoms with Gasteiger partial charge in [-0.2, -0.15) is 0 Å². The quantitative estimate of drug-likeness (QED) is 0.473. The lowest BCUT2D eigenvalue weighted by Gasteiger charge is -2.34. The first-order valence-corrected chi connectivity index (χ1v) is 10.1. The van der Waals surface area contributed by atoms with Gasteiger partial charge in [0.2, 0.25) is 0 Å². The third-order valence-corrected chi connectivity index (χ3v) is 5.31. The summed E-state index contributed by atoms with van der Waals surface area (Å²) in [4.78, 5) is 43.5. The van der Waals surface area contributed by atoms with Crippen LogP contribution in [-0.2, 0) is 9.53 Å². The fourth-order valence-corrected chi connectivity index (χ4v) is 4.23. The van der Waals surface area contributed by atoms with E-state index in [9.17, 15) is 14.4 Å². The van der Waals surface area contributed by atoms with Crippen LogP contribution >= 0.6 is 0 Å².